The van der Waals surface area contributed by atoms with Gasteiger partial charge in [-0.3, -0.25) is 0 Å². The molecule has 0 saturated heterocycles. The molecule has 1 saturated carbocycles. The van der Waals surface area contributed by atoms with Gasteiger partial charge in [0, 0.05) is 5.39 Å². The summed E-state index contributed by atoms with van der Waals surface area (Å²) in [6.45, 7) is -0.00977. The number of para-hydroxylation sites is 1. The highest BCUT2D eigenvalue weighted by Crippen LogP contribution is 2.46. The van der Waals surface area contributed by atoms with Gasteiger partial charge in [-0.25, -0.2) is 9.98 Å². The van der Waals surface area contributed by atoms with Gasteiger partial charge in [-0.2, -0.15) is 4.98 Å². The summed E-state index contributed by atoms with van der Waals surface area (Å²) in [6.07, 6.45) is 1.67. The fourth-order valence-electron chi connectivity index (χ4n) is 2.26. The third kappa shape index (κ3) is 2.25. The van der Waals surface area contributed by atoms with Gasteiger partial charge in [0.2, 0.25) is 5.95 Å². The van der Waals surface area contributed by atoms with Crippen molar-refractivity contribution in [1.82, 2.24) is 9.97 Å². The minimum Gasteiger partial charge on any atom is -0.494 e. The Hall–Kier alpha value is -2.41. The highest BCUT2D eigenvalue weighted by atomic mass is 16.5. The zero-order valence-electron chi connectivity index (χ0n) is 11.7. The van der Waals surface area contributed by atoms with Crippen molar-refractivity contribution in [3.8, 4) is 5.75 Å². The highest BCUT2D eigenvalue weighted by Gasteiger charge is 2.46. The summed E-state index contributed by atoms with van der Waals surface area (Å²) in [5, 5.41) is 10.1. The molecule has 0 aliphatic heterocycles. The summed E-state index contributed by atoms with van der Waals surface area (Å²) in [4.78, 5) is 12.7. The number of nitrogens with two attached hydrogens (primary N) is 2. The number of aromatic nitrogens is 2. The van der Waals surface area contributed by atoms with Crippen molar-refractivity contribution >= 4 is 28.5 Å². The number of amidine groups is 1. The number of nitrogen functional groups attached to an aromatic ring is 1. The molecule has 1 aliphatic carbocycles. The minimum atomic E-state index is -0.398. The lowest BCUT2D eigenvalue weighted by Crippen LogP contribution is -2.28. The molecule has 0 radical (unpaired) electrons. The van der Waals surface area contributed by atoms with Crippen LogP contribution in [0.4, 0.5) is 11.8 Å². The van der Waals surface area contributed by atoms with Crippen LogP contribution in [0.15, 0.2) is 23.2 Å². The molecule has 7 nitrogen and oxygen atoms in total. The number of methoxy groups -OCH3 is 1. The van der Waals surface area contributed by atoms with Crippen molar-refractivity contribution in [3.05, 3.63) is 18.2 Å². The monoisotopic (exact) mass is 287 g/mol. The molecular formula is C14H17N5O2. The molecule has 0 amide bonds. The molecule has 1 fully saturated rings. The van der Waals surface area contributed by atoms with Gasteiger partial charge >= 0.3 is 0 Å². The van der Waals surface area contributed by atoms with Gasteiger partial charge in [0.25, 0.3) is 0 Å². The third-order valence-electron chi connectivity index (χ3n) is 3.83. The number of nitrogens with zero attached hydrogens (tertiary/aromatic N) is 3. The van der Waals surface area contributed by atoms with Crippen molar-refractivity contribution in [2.45, 2.75) is 12.8 Å². The molecule has 0 bridgehead atoms. The van der Waals surface area contributed by atoms with E-state index in [0.29, 0.717) is 28.3 Å². The number of hydrogen-bond donors (Lipinski definition) is 3. The number of anilines is 1. The topological polar surface area (TPSA) is 120 Å². The Morgan fingerprint density at radius 1 is 1.43 bits per heavy atom. The van der Waals surface area contributed by atoms with E-state index in [1.54, 1.807) is 13.2 Å². The van der Waals surface area contributed by atoms with Gasteiger partial charge < -0.3 is 21.3 Å². The van der Waals surface area contributed by atoms with E-state index in [2.05, 4.69) is 15.0 Å². The van der Waals surface area contributed by atoms with E-state index in [-0.39, 0.29) is 12.6 Å². The number of aliphatic imine (C=N–C) groups is 1. The van der Waals surface area contributed by atoms with Crippen molar-refractivity contribution in [2.75, 3.05) is 19.5 Å². The first kappa shape index (κ1) is 13.6. The van der Waals surface area contributed by atoms with Crippen LogP contribution in [0, 0.1) is 5.41 Å². The van der Waals surface area contributed by atoms with Gasteiger partial charge in [0.05, 0.1) is 19.1 Å². The summed E-state index contributed by atoms with van der Waals surface area (Å²) < 4.78 is 5.28. The second kappa shape index (κ2) is 4.85. The lowest BCUT2D eigenvalue weighted by molar-refractivity contribution is 0.251. The second-order valence-electron chi connectivity index (χ2n) is 5.20. The second-order valence-corrected chi connectivity index (χ2v) is 5.20. The predicted octanol–water partition coefficient (Wildman–Crippen LogP) is 0.982. The van der Waals surface area contributed by atoms with Crippen LogP contribution >= 0.6 is 0 Å². The molecule has 1 heterocycles. The summed E-state index contributed by atoms with van der Waals surface area (Å²) in [7, 11) is 1.56. The Balaban J connectivity index is 2.17. The van der Waals surface area contributed by atoms with Crippen LogP contribution < -0.4 is 16.2 Å². The van der Waals surface area contributed by atoms with Crippen LogP contribution in [0.1, 0.15) is 12.8 Å². The summed E-state index contributed by atoms with van der Waals surface area (Å²) in [5.74, 6) is 1.48. The standard InChI is InChI=1S/C14H17N5O2/c1-21-9-4-2-3-8-10(9)17-13(16)19-11(8)18-12(15)14(7-20)5-6-14/h2-4,20H,5-7H2,1H3,(H4,15,16,17,18,19). The number of aliphatic hydroxyl groups excluding tert-OH is 1. The molecule has 110 valence electrons. The van der Waals surface area contributed by atoms with E-state index in [0.717, 1.165) is 12.8 Å². The molecule has 1 aromatic heterocycles. The van der Waals surface area contributed by atoms with Crippen molar-refractivity contribution in [2.24, 2.45) is 16.1 Å². The number of aliphatic hydroxyl groups is 1. The first-order valence-electron chi connectivity index (χ1n) is 6.65. The molecule has 1 aromatic carbocycles. The molecule has 0 atom stereocenters. The van der Waals surface area contributed by atoms with Crippen molar-refractivity contribution < 1.29 is 9.84 Å². The van der Waals surface area contributed by atoms with Crippen molar-refractivity contribution in [1.29, 1.82) is 0 Å². The maximum absolute atomic E-state index is 9.42. The van der Waals surface area contributed by atoms with Gasteiger partial charge in [0.1, 0.15) is 17.1 Å². The highest BCUT2D eigenvalue weighted by molar-refractivity contribution is 5.97. The van der Waals surface area contributed by atoms with Crippen LogP contribution in [0.25, 0.3) is 10.9 Å². The summed E-state index contributed by atoms with van der Waals surface area (Å²) in [6, 6.07) is 5.46. The van der Waals surface area contributed by atoms with Gasteiger partial charge in [-0.05, 0) is 25.0 Å². The zero-order chi connectivity index (χ0) is 15.0. The average molecular weight is 287 g/mol. The molecule has 0 unspecified atom stereocenters. The molecule has 7 heteroatoms. The van der Waals surface area contributed by atoms with E-state index in [9.17, 15) is 5.11 Å². The molecule has 5 N–H and O–H groups in total. The minimum absolute atomic E-state index is 0.00977. The number of benzene rings is 1. The largest absolute Gasteiger partial charge is 0.494 e. The fourth-order valence-corrected chi connectivity index (χ4v) is 2.26. The maximum Gasteiger partial charge on any atom is 0.222 e. The smallest absolute Gasteiger partial charge is 0.222 e. The van der Waals surface area contributed by atoms with Crippen LogP contribution in [-0.2, 0) is 0 Å². The summed E-state index contributed by atoms with van der Waals surface area (Å²) >= 11 is 0. The zero-order valence-corrected chi connectivity index (χ0v) is 11.7. The first-order chi connectivity index (χ1) is 10.1. The van der Waals surface area contributed by atoms with Gasteiger partial charge in [-0.15, -0.1) is 0 Å². The third-order valence-corrected chi connectivity index (χ3v) is 3.83. The number of fused-ring (bicyclic) bond motifs is 1. The quantitative estimate of drug-likeness (QED) is 0.569. The number of rotatable bonds is 4. The van der Waals surface area contributed by atoms with E-state index in [1.165, 1.54) is 0 Å². The van der Waals surface area contributed by atoms with Gasteiger partial charge in [0.15, 0.2) is 5.82 Å². The van der Waals surface area contributed by atoms with Crippen LogP contribution in [0.5, 0.6) is 5.75 Å². The van der Waals surface area contributed by atoms with Crippen LogP contribution in [-0.4, -0.2) is 34.6 Å². The van der Waals surface area contributed by atoms with E-state index >= 15 is 0 Å². The first-order valence-corrected chi connectivity index (χ1v) is 6.65. The molecule has 0 spiro atoms. The fraction of sp³-hybridized carbons (Fsp3) is 0.357. The summed E-state index contributed by atoms with van der Waals surface area (Å²) in [5.41, 5.74) is 12.0. The average Bonchev–Trinajstić information content (AvgIpc) is 3.27. The lowest BCUT2D eigenvalue weighted by atomic mass is 10.1. The Bertz CT molecular complexity index is 725. The normalized spacial score (nSPS) is 17.0. The van der Waals surface area contributed by atoms with Crippen LogP contribution in [0.3, 0.4) is 0 Å². The van der Waals surface area contributed by atoms with E-state index in [1.807, 2.05) is 12.1 Å². The molecule has 21 heavy (non-hydrogen) atoms. The molecular weight excluding hydrogens is 270 g/mol. The van der Waals surface area contributed by atoms with Gasteiger partial charge in [-0.1, -0.05) is 6.07 Å². The molecule has 2 aromatic rings. The maximum atomic E-state index is 9.42. The number of hydrogen-bond acceptors (Lipinski definition) is 6. The van der Waals surface area contributed by atoms with Crippen molar-refractivity contribution in [3.63, 3.8) is 0 Å². The Morgan fingerprint density at radius 3 is 2.81 bits per heavy atom. The SMILES string of the molecule is COc1cccc2c(N=C(N)C3(CO)CC3)nc(N)nc12. The number of ether oxygens (including phenoxy) is 1. The van der Waals surface area contributed by atoms with E-state index in [4.69, 9.17) is 16.2 Å². The lowest BCUT2D eigenvalue weighted by Gasteiger charge is -2.12. The van der Waals surface area contributed by atoms with E-state index < -0.39 is 5.41 Å². The molecule has 3 rings (SSSR count). The molecule has 1 aliphatic rings. The Kier molecular flexibility index (Phi) is 3.13. The van der Waals surface area contributed by atoms with Crippen LogP contribution in [0.2, 0.25) is 0 Å². The Labute approximate surface area is 121 Å². The Morgan fingerprint density at radius 2 is 2.19 bits per heavy atom. The predicted molar refractivity (Wildman–Crippen MR) is 80.5 cm³/mol.